The van der Waals surface area contributed by atoms with Crippen molar-refractivity contribution in [3.63, 3.8) is 0 Å². The van der Waals surface area contributed by atoms with Crippen LogP contribution in [0, 0.1) is 0 Å². The molecule has 0 spiro atoms. The first kappa shape index (κ1) is 19.2. The number of nitrogens with zero attached hydrogens (tertiary/aromatic N) is 5. The van der Waals surface area contributed by atoms with Gasteiger partial charge in [-0.1, -0.05) is 18.5 Å². The maximum atomic E-state index is 12.9. The molecule has 2 heterocycles. The fourth-order valence-corrected chi connectivity index (χ4v) is 3.08. The zero-order valence-corrected chi connectivity index (χ0v) is 15.5. The fourth-order valence-electron chi connectivity index (χ4n) is 2.96. The summed E-state index contributed by atoms with van der Waals surface area (Å²) in [6.07, 6.45) is -0.162. The average molecular weight is 394 g/mol. The van der Waals surface area contributed by atoms with Crippen molar-refractivity contribution in [3.8, 4) is 11.4 Å². The van der Waals surface area contributed by atoms with E-state index in [9.17, 15) is 9.59 Å². The minimum absolute atomic E-state index is 0.136. The topological polar surface area (TPSA) is 110 Å². The summed E-state index contributed by atoms with van der Waals surface area (Å²) in [5, 5.41) is 22.0. The van der Waals surface area contributed by atoms with Crippen molar-refractivity contribution in [1.82, 2.24) is 25.1 Å². The van der Waals surface area contributed by atoms with Gasteiger partial charge in [0.15, 0.2) is 6.04 Å². The van der Waals surface area contributed by atoms with Gasteiger partial charge in [0.05, 0.1) is 19.1 Å². The number of carboxylic acid groups (broad SMARTS) is 1. The van der Waals surface area contributed by atoms with Crippen LogP contribution in [-0.2, 0) is 14.3 Å². The zero-order chi connectivity index (χ0) is 19.4. The molecule has 1 aliphatic rings. The number of amides is 1. The van der Waals surface area contributed by atoms with Gasteiger partial charge in [-0.25, -0.2) is 0 Å². The number of rotatable bonds is 6. The van der Waals surface area contributed by atoms with E-state index in [1.165, 1.54) is 4.80 Å². The number of hydrogen-bond donors (Lipinski definition) is 1. The van der Waals surface area contributed by atoms with Crippen LogP contribution in [0.4, 0.5) is 0 Å². The molecule has 0 saturated carbocycles. The van der Waals surface area contributed by atoms with E-state index in [4.69, 9.17) is 21.4 Å². The molecule has 1 aromatic carbocycles. The molecule has 1 amide bonds. The van der Waals surface area contributed by atoms with Gasteiger partial charge in [-0.15, -0.1) is 10.2 Å². The van der Waals surface area contributed by atoms with E-state index in [1.54, 1.807) is 29.2 Å². The zero-order valence-electron chi connectivity index (χ0n) is 14.8. The first-order valence-corrected chi connectivity index (χ1v) is 9.03. The fraction of sp³-hybridized carbons (Fsp3) is 0.471. The summed E-state index contributed by atoms with van der Waals surface area (Å²) in [4.78, 5) is 26.7. The van der Waals surface area contributed by atoms with Crippen molar-refractivity contribution in [1.29, 1.82) is 0 Å². The lowest BCUT2D eigenvalue weighted by molar-refractivity contribution is -0.149. The molecule has 27 heavy (non-hydrogen) atoms. The third kappa shape index (κ3) is 4.61. The van der Waals surface area contributed by atoms with Crippen LogP contribution in [-0.4, -0.2) is 67.9 Å². The highest BCUT2D eigenvalue weighted by molar-refractivity contribution is 6.30. The number of benzene rings is 1. The first-order chi connectivity index (χ1) is 13.0. The molecule has 1 aromatic heterocycles. The van der Waals surface area contributed by atoms with Crippen LogP contribution in [0.25, 0.3) is 11.4 Å². The van der Waals surface area contributed by atoms with Gasteiger partial charge < -0.3 is 14.7 Å². The number of tetrazole rings is 1. The number of aliphatic carboxylic acids is 1. The number of hydrogen-bond acceptors (Lipinski definition) is 6. The van der Waals surface area contributed by atoms with Crippen LogP contribution in [0.15, 0.2) is 24.3 Å². The van der Waals surface area contributed by atoms with E-state index in [2.05, 4.69) is 15.4 Å². The molecule has 1 saturated heterocycles. The second-order valence-electron chi connectivity index (χ2n) is 6.24. The molecule has 0 radical (unpaired) electrons. The van der Waals surface area contributed by atoms with Crippen molar-refractivity contribution in [2.75, 3.05) is 19.7 Å². The predicted molar refractivity (Wildman–Crippen MR) is 96.2 cm³/mol. The SMILES string of the molecule is CCC(C(=O)N1CCOC(CC(=O)O)C1)n1nnc(-c2ccc(Cl)cc2)n1. The van der Waals surface area contributed by atoms with E-state index < -0.39 is 18.1 Å². The maximum Gasteiger partial charge on any atom is 0.306 e. The second-order valence-corrected chi connectivity index (χ2v) is 6.68. The molecule has 1 fully saturated rings. The Bertz CT molecular complexity index is 810. The Balaban J connectivity index is 1.73. The molecular weight excluding hydrogens is 374 g/mol. The molecule has 144 valence electrons. The molecule has 2 atom stereocenters. The summed E-state index contributed by atoms with van der Waals surface area (Å²) in [6.45, 7) is 2.81. The Labute approximate surface area is 160 Å². The van der Waals surface area contributed by atoms with E-state index in [1.807, 2.05) is 6.92 Å². The highest BCUT2D eigenvalue weighted by atomic mass is 35.5. The smallest absolute Gasteiger partial charge is 0.306 e. The van der Waals surface area contributed by atoms with Gasteiger partial charge >= 0.3 is 5.97 Å². The second kappa shape index (κ2) is 8.45. The van der Waals surface area contributed by atoms with Gasteiger partial charge in [-0.05, 0) is 35.9 Å². The van der Waals surface area contributed by atoms with Crippen LogP contribution in [0.5, 0.6) is 0 Å². The molecule has 2 aromatic rings. The summed E-state index contributed by atoms with van der Waals surface area (Å²) in [6, 6.07) is 6.42. The number of ether oxygens (including phenoxy) is 1. The van der Waals surface area contributed by atoms with Crippen molar-refractivity contribution in [2.24, 2.45) is 0 Å². The van der Waals surface area contributed by atoms with Gasteiger partial charge in [0.1, 0.15) is 0 Å². The minimum Gasteiger partial charge on any atom is -0.481 e. The Kier molecular flexibility index (Phi) is 6.02. The molecule has 0 bridgehead atoms. The quantitative estimate of drug-likeness (QED) is 0.794. The van der Waals surface area contributed by atoms with Gasteiger partial charge in [-0.3, -0.25) is 9.59 Å². The Morgan fingerprint density at radius 3 is 2.78 bits per heavy atom. The molecule has 10 heteroatoms. The molecule has 3 rings (SSSR count). The molecular formula is C17H20ClN5O4. The van der Waals surface area contributed by atoms with Crippen molar-refractivity contribution in [2.45, 2.75) is 31.9 Å². The normalized spacial score (nSPS) is 18.3. The van der Waals surface area contributed by atoms with Crippen LogP contribution in [0.1, 0.15) is 25.8 Å². The average Bonchev–Trinajstić information content (AvgIpc) is 3.12. The lowest BCUT2D eigenvalue weighted by Crippen LogP contribution is -2.48. The van der Waals surface area contributed by atoms with Gasteiger partial charge in [0.25, 0.3) is 0 Å². The number of carboxylic acids is 1. The summed E-state index contributed by atoms with van der Waals surface area (Å²) in [5.41, 5.74) is 0.751. The van der Waals surface area contributed by atoms with Gasteiger partial charge in [-0.2, -0.15) is 4.80 Å². The third-order valence-corrected chi connectivity index (χ3v) is 4.59. The van der Waals surface area contributed by atoms with E-state index in [-0.39, 0.29) is 18.9 Å². The van der Waals surface area contributed by atoms with Gasteiger partial charge in [0.2, 0.25) is 11.7 Å². The minimum atomic E-state index is -0.952. The molecule has 1 N–H and O–H groups in total. The third-order valence-electron chi connectivity index (χ3n) is 4.33. The summed E-state index contributed by atoms with van der Waals surface area (Å²) >= 11 is 5.89. The Hall–Kier alpha value is -2.52. The van der Waals surface area contributed by atoms with Crippen LogP contribution in [0.2, 0.25) is 5.02 Å². The number of halogens is 1. The standard InChI is InChI=1S/C17H20ClN5O4/c1-2-14(17(26)22-7-8-27-13(10-22)9-15(24)25)23-20-16(19-21-23)11-3-5-12(18)6-4-11/h3-6,13-14H,2,7-10H2,1H3,(H,24,25). The van der Waals surface area contributed by atoms with Crippen LogP contribution >= 0.6 is 11.6 Å². The molecule has 0 aliphatic carbocycles. The first-order valence-electron chi connectivity index (χ1n) is 8.65. The predicted octanol–water partition coefficient (Wildman–Crippen LogP) is 1.65. The number of morpholine rings is 1. The summed E-state index contributed by atoms with van der Waals surface area (Å²) in [5.74, 6) is -0.716. The van der Waals surface area contributed by atoms with E-state index in [0.717, 1.165) is 5.56 Å². The number of aromatic nitrogens is 4. The molecule has 1 aliphatic heterocycles. The number of carbonyl (C=O) groups excluding carboxylic acids is 1. The van der Waals surface area contributed by atoms with Crippen LogP contribution < -0.4 is 0 Å². The lowest BCUT2D eigenvalue weighted by Gasteiger charge is -2.34. The Morgan fingerprint density at radius 1 is 1.37 bits per heavy atom. The lowest BCUT2D eigenvalue weighted by atomic mass is 10.1. The monoisotopic (exact) mass is 393 g/mol. The number of carbonyl (C=O) groups is 2. The molecule has 9 nitrogen and oxygen atoms in total. The highest BCUT2D eigenvalue weighted by Crippen LogP contribution is 2.20. The van der Waals surface area contributed by atoms with Crippen molar-refractivity contribution >= 4 is 23.5 Å². The summed E-state index contributed by atoms with van der Waals surface area (Å²) in [7, 11) is 0. The van der Waals surface area contributed by atoms with Gasteiger partial charge in [0, 0.05) is 23.7 Å². The van der Waals surface area contributed by atoms with Crippen LogP contribution in [0.3, 0.4) is 0 Å². The van der Waals surface area contributed by atoms with Crippen molar-refractivity contribution < 1.29 is 19.4 Å². The van der Waals surface area contributed by atoms with E-state index in [0.29, 0.717) is 30.4 Å². The molecule has 2 unspecified atom stereocenters. The maximum absolute atomic E-state index is 12.9. The van der Waals surface area contributed by atoms with E-state index >= 15 is 0 Å². The summed E-state index contributed by atoms with van der Waals surface area (Å²) < 4.78 is 5.42. The van der Waals surface area contributed by atoms with Crippen molar-refractivity contribution in [3.05, 3.63) is 29.3 Å². The Morgan fingerprint density at radius 2 is 2.11 bits per heavy atom. The highest BCUT2D eigenvalue weighted by Gasteiger charge is 2.31. The largest absolute Gasteiger partial charge is 0.481 e.